The number of carbonyl (C=O) groups is 2. The van der Waals surface area contributed by atoms with E-state index in [2.05, 4.69) is 10.1 Å². The molecule has 0 fully saturated rings. The highest BCUT2D eigenvalue weighted by molar-refractivity contribution is 6.32. The van der Waals surface area contributed by atoms with Crippen molar-refractivity contribution in [1.82, 2.24) is 5.32 Å². The molecule has 1 aromatic carbocycles. The quantitative estimate of drug-likeness (QED) is 0.608. The largest absolute Gasteiger partial charge is 0.489 e. The van der Waals surface area contributed by atoms with Crippen LogP contribution in [0.4, 0.5) is 0 Å². The van der Waals surface area contributed by atoms with E-state index in [1.165, 1.54) is 19.3 Å². The van der Waals surface area contributed by atoms with Crippen LogP contribution in [0.25, 0.3) is 6.08 Å². The molecule has 1 aromatic rings. The van der Waals surface area contributed by atoms with Gasteiger partial charge in [0.15, 0.2) is 17.5 Å². The van der Waals surface area contributed by atoms with Crippen LogP contribution in [0.1, 0.15) is 12.0 Å². The molecule has 0 saturated carbocycles. The average molecular weight is 356 g/mol. The second-order valence-corrected chi connectivity index (χ2v) is 5.39. The molecule has 7 nitrogen and oxygen atoms in total. The van der Waals surface area contributed by atoms with Crippen LogP contribution in [-0.4, -0.2) is 50.0 Å². The molecule has 1 aliphatic heterocycles. The zero-order valence-electron chi connectivity index (χ0n) is 13.1. The van der Waals surface area contributed by atoms with Crippen LogP contribution >= 0.6 is 11.6 Å². The third-order valence-corrected chi connectivity index (χ3v) is 3.52. The molecule has 0 aliphatic carbocycles. The van der Waals surface area contributed by atoms with Crippen molar-refractivity contribution in [2.45, 2.75) is 12.5 Å². The van der Waals surface area contributed by atoms with Gasteiger partial charge < -0.3 is 24.6 Å². The second-order valence-electron chi connectivity index (χ2n) is 4.98. The zero-order chi connectivity index (χ0) is 17.5. The number of aliphatic hydroxyl groups is 1. The van der Waals surface area contributed by atoms with Crippen LogP contribution in [0.3, 0.4) is 0 Å². The van der Waals surface area contributed by atoms with Gasteiger partial charge in [0.1, 0.15) is 0 Å². The minimum absolute atomic E-state index is 0.386. The molecule has 0 unspecified atom stereocenters. The number of ether oxygens (including phenoxy) is 3. The van der Waals surface area contributed by atoms with Crippen LogP contribution in [0, 0.1) is 0 Å². The van der Waals surface area contributed by atoms with Crippen molar-refractivity contribution in [3.63, 3.8) is 0 Å². The van der Waals surface area contributed by atoms with E-state index in [0.717, 1.165) is 6.42 Å². The molecule has 2 N–H and O–H groups in total. The van der Waals surface area contributed by atoms with Gasteiger partial charge in [0.05, 0.1) is 32.0 Å². The van der Waals surface area contributed by atoms with E-state index in [1.807, 2.05) is 0 Å². The minimum Gasteiger partial charge on any atom is -0.489 e. The molecule has 0 aromatic heterocycles. The lowest BCUT2D eigenvalue weighted by Crippen LogP contribution is -2.43. The van der Waals surface area contributed by atoms with Gasteiger partial charge in [-0.05, 0) is 23.8 Å². The number of aliphatic hydroxyl groups excluding tert-OH is 1. The van der Waals surface area contributed by atoms with E-state index >= 15 is 0 Å². The minimum atomic E-state index is -1.11. The van der Waals surface area contributed by atoms with E-state index < -0.39 is 24.5 Å². The van der Waals surface area contributed by atoms with Crippen LogP contribution in [0.5, 0.6) is 11.5 Å². The lowest BCUT2D eigenvalue weighted by Gasteiger charge is -2.12. The van der Waals surface area contributed by atoms with E-state index in [-0.39, 0.29) is 0 Å². The third-order valence-electron chi connectivity index (χ3n) is 3.24. The Balaban J connectivity index is 2.08. The molecule has 0 bridgehead atoms. The van der Waals surface area contributed by atoms with Crippen molar-refractivity contribution < 1.29 is 28.9 Å². The summed E-state index contributed by atoms with van der Waals surface area (Å²) >= 11 is 6.17. The first-order valence-corrected chi connectivity index (χ1v) is 7.69. The Bertz CT molecular complexity index is 646. The summed E-state index contributed by atoms with van der Waals surface area (Å²) in [6.45, 7) is 0.497. The first-order valence-electron chi connectivity index (χ1n) is 7.31. The fourth-order valence-corrected chi connectivity index (χ4v) is 2.33. The van der Waals surface area contributed by atoms with Crippen LogP contribution in [0.2, 0.25) is 5.02 Å². The molecule has 0 spiro atoms. The highest BCUT2D eigenvalue weighted by Gasteiger charge is 2.19. The van der Waals surface area contributed by atoms with Crippen LogP contribution in [0.15, 0.2) is 18.2 Å². The van der Waals surface area contributed by atoms with Gasteiger partial charge in [-0.3, -0.25) is 4.79 Å². The van der Waals surface area contributed by atoms with Crippen LogP contribution in [-0.2, 0) is 14.3 Å². The van der Waals surface area contributed by atoms with Crippen molar-refractivity contribution in [3.05, 3.63) is 28.8 Å². The second kappa shape index (κ2) is 8.56. The Morgan fingerprint density at radius 1 is 1.42 bits per heavy atom. The predicted molar refractivity (Wildman–Crippen MR) is 87.1 cm³/mol. The van der Waals surface area contributed by atoms with E-state index in [1.54, 1.807) is 12.1 Å². The molecule has 1 heterocycles. The number of esters is 1. The Labute approximate surface area is 144 Å². The summed E-state index contributed by atoms with van der Waals surface area (Å²) in [5.74, 6) is -0.273. The van der Waals surface area contributed by atoms with Crippen molar-refractivity contribution in [1.29, 1.82) is 0 Å². The summed E-state index contributed by atoms with van der Waals surface area (Å²) in [6.07, 6.45) is 3.50. The van der Waals surface area contributed by atoms with Gasteiger partial charge in [-0.1, -0.05) is 11.6 Å². The lowest BCUT2D eigenvalue weighted by atomic mass is 10.2. The molecule has 0 saturated heterocycles. The highest BCUT2D eigenvalue weighted by atomic mass is 35.5. The standard InChI is InChI=1S/C16H18ClNO6/c1-22-16(21)12(9-19)18-14(20)4-3-10-7-11(17)15-13(8-10)23-5-2-6-24-15/h3-4,7-8,12,19H,2,5-6,9H2,1H3,(H,18,20)/b4-3+/t12-/m0/s1. The number of carbonyl (C=O) groups excluding carboxylic acids is 2. The predicted octanol–water partition coefficient (Wildman–Crippen LogP) is 1.16. The number of benzene rings is 1. The maximum atomic E-state index is 11.8. The number of hydrogen-bond acceptors (Lipinski definition) is 6. The van der Waals surface area contributed by atoms with Gasteiger partial charge in [0.2, 0.25) is 5.91 Å². The fraction of sp³-hybridized carbons (Fsp3) is 0.375. The molecule has 2 rings (SSSR count). The number of amides is 1. The smallest absolute Gasteiger partial charge is 0.330 e. The van der Waals surface area contributed by atoms with Crippen molar-refractivity contribution in [3.8, 4) is 11.5 Å². The van der Waals surface area contributed by atoms with Gasteiger partial charge in [-0.25, -0.2) is 4.79 Å². The van der Waals surface area contributed by atoms with Gasteiger partial charge >= 0.3 is 5.97 Å². The van der Waals surface area contributed by atoms with E-state index in [0.29, 0.717) is 35.3 Å². The Kier molecular flexibility index (Phi) is 6.45. The summed E-state index contributed by atoms with van der Waals surface area (Å²) in [6, 6.07) is 2.24. The Morgan fingerprint density at radius 2 is 2.17 bits per heavy atom. The topological polar surface area (TPSA) is 94.1 Å². The Morgan fingerprint density at radius 3 is 2.88 bits per heavy atom. The van der Waals surface area contributed by atoms with Crippen molar-refractivity contribution in [2.24, 2.45) is 0 Å². The number of rotatable bonds is 5. The summed E-state index contributed by atoms with van der Waals surface area (Å²) < 4.78 is 15.6. The van der Waals surface area contributed by atoms with Crippen LogP contribution < -0.4 is 14.8 Å². The number of fused-ring (bicyclic) bond motifs is 1. The fourth-order valence-electron chi connectivity index (χ4n) is 2.06. The molecule has 0 radical (unpaired) electrons. The maximum Gasteiger partial charge on any atom is 0.330 e. The molecule has 130 valence electrons. The monoisotopic (exact) mass is 355 g/mol. The van der Waals surface area contributed by atoms with Gasteiger partial charge in [0, 0.05) is 12.5 Å². The molecule has 8 heteroatoms. The molecule has 1 amide bonds. The SMILES string of the molecule is COC(=O)[C@H](CO)NC(=O)/C=C/c1cc(Cl)c2c(c1)OCCCO2. The summed E-state index contributed by atoms with van der Waals surface area (Å²) in [4.78, 5) is 23.2. The normalized spacial score (nSPS) is 14.8. The van der Waals surface area contributed by atoms with Gasteiger partial charge in [0.25, 0.3) is 0 Å². The maximum absolute atomic E-state index is 11.8. The van der Waals surface area contributed by atoms with Gasteiger partial charge in [-0.2, -0.15) is 0 Å². The molecular weight excluding hydrogens is 338 g/mol. The zero-order valence-corrected chi connectivity index (χ0v) is 13.8. The number of hydrogen-bond donors (Lipinski definition) is 2. The Hall–Kier alpha value is -2.25. The first kappa shape index (κ1) is 18.1. The molecule has 1 aliphatic rings. The molecule has 1 atom stereocenters. The number of methoxy groups -OCH3 is 1. The van der Waals surface area contributed by atoms with Crippen molar-refractivity contribution in [2.75, 3.05) is 26.9 Å². The van der Waals surface area contributed by atoms with Gasteiger partial charge in [-0.15, -0.1) is 0 Å². The average Bonchev–Trinajstić information content (AvgIpc) is 2.83. The molecular formula is C16H18ClNO6. The number of halogens is 1. The van der Waals surface area contributed by atoms with E-state index in [4.69, 9.17) is 26.2 Å². The first-order chi connectivity index (χ1) is 11.5. The van der Waals surface area contributed by atoms with E-state index in [9.17, 15) is 9.59 Å². The third kappa shape index (κ3) is 4.62. The molecule has 24 heavy (non-hydrogen) atoms. The summed E-state index contributed by atoms with van der Waals surface area (Å²) in [5.41, 5.74) is 0.637. The lowest BCUT2D eigenvalue weighted by molar-refractivity contribution is -0.145. The highest BCUT2D eigenvalue weighted by Crippen LogP contribution is 2.38. The number of nitrogens with one attached hydrogen (secondary N) is 1. The summed E-state index contributed by atoms with van der Waals surface area (Å²) in [7, 11) is 1.17. The van der Waals surface area contributed by atoms with Crippen molar-refractivity contribution >= 4 is 29.6 Å². The summed E-state index contributed by atoms with van der Waals surface area (Å²) in [5, 5.41) is 11.8.